The Morgan fingerprint density at radius 3 is 2.45 bits per heavy atom. The molecule has 0 aliphatic carbocycles. The van der Waals surface area contributed by atoms with E-state index in [1.807, 2.05) is 13.8 Å². The number of rotatable bonds is 5. The molecule has 1 aliphatic heterocycles. The van der Waals surface area contributed by atoms with Crippen LogP contribution in [0.25, 0.3) is 0 Å². The van der Waals surface area contributed by atoms with Gasteiger partial charge in [0.1, 0.15) is 11.3 Å². The third-order valence-corrected chi connectivity index (χ3v) is 3.97. The molecule has 0 radical (unpaired) electrons. The van der Waals surface area contributed by atoms with Crippen LogP contribution in [0.1, 0.15) is 26.7 Å². The number of amides is 2. The second kappa shape index (κ2) is 5.53. The fraction of sp³-hybridized carbons (Fsp3) is 0.467. The molecule has 5 heteroatoms. The molecule has 108 valence electrons. The van der Waals surface area contributed by atoms with Crippen LogP contribution in [-0.2, 0) is 9.59 Å². The average molecular weight is 276 g/mol. The maximum Gasteiger partial charge on any atom is 0.250 e. The van der Waals surface area contributed by atoms with Gasteiger partial charge >= 0.3 is 0 Å². The number of ether oxygens (including phenoxy) is 1. The van der Waals surface area contributed by atoms with Crippen molar-refractivity contribution in [1.29, 1.82) is 0 Å². The number of benzene rings is 1. The normalized spacial score (nSPS) is 17.1. The molecule has 1 saturated heterocycles. The van der Waals surface area contributed by atoms with Crippen LogP contribution in [0, 0.1) is 0 Å². The van der Waals surface area contributed by atoms with Crippen molar-refractivity contribution in [3.63, 3.8) is 0 Å². The van der Waals surface area contributed by atoms with Gasteiger partial charge in [-0.25, -0.2) is 0 Å². The third kappa shape index (κ3) is 2.48. The Balaban J connectivity index is 2.10. The van der Waals surface area contributed by atoms with E-state index in [0.29, 0.717) is 25.1 Å². The van der Waals surface area contributed by atoms with Crippen LogP contribution in [-0.4, -0.2) is 35.9 Å². The molecule has 2 rings (SSSR count). The summed E-state index contributed by atoms with van der Waals surface area (Å²) in [6.45, 7) is 4.38. The first-order valence-electron chi connectivity index (χ1n) is 6.77. The summed E-state index contributed by atoms with van der Waals surface area (Å²) in [7, 11) is 1.59. The number of β-lactam (4-membered cyclic amide) rings is 1. The fourth-order valence-electron chi connectivity index (χ4n) is 2.25. The molecule has 1 aromatic rings. The van der Waals surface area contributed by atoms with Crippen LogP contribution in [0.5, 0.6) is 5.75 Å². The molecule has 0 bridgehead atoms. The van der Waals surface area contributed by atoms with Gasteiger partial charge in [-0.05, 0) is 37.6 Å². The minimum Gasteiger partial charge on any atom is -0.497 e. The number of likely N-dealkylation sites (tertiary alicyclic amines) is 1. The molecule has 1 heterocycles. The molecule has 1 unspecified atom stereocenters. The largest absolute Gasteiger partial charge is 0.497 e. The number of carbonyl (C=O) groups is 2. The number of nitrogens with one attached hydrogen (secondary N) is 1. The topological polar surface area (TPSA) is 58.6 Å². The van der Waals surface area contributed by atoms with Gasteiger partial charge in [-0.3, -0.25) is 9.59 Å². The molecule has 1 aliphatic rings. The summed E-state index contributed by atoms with van der Waals surface area (Å²) in [6.07, 6.45) is 1.12. The van der Waals surface area contributed by atoms with Gasteiger partial charge in [-0.1, -0.05) is 6.92 Å². The zero-order valence-corrected chi connectivity index (χ0v) is 12.1. The predicted molar refractivity (Wildman–Crippen MR) is 76.6 cm³/mol. The van der Waals surface area contributed by atoms with E-state index in [1.54, 1.807) is 36.3 Å². The Kier molecular flexibility index (Phi) is 3.97. The summed E-state index contributed by atoms with van der Waals surface area (Å²) in [5, 5.41) is 2.87. The molecule has 1 aromatic carbocycles. The Hall–Kier alpha value is -2.04. The second-order valence-corrected chi connectivity index (χ2v) is 5.11. The zero-order valence-electron chi connectivity index (χ0n) is 12.1. The van der Waals surface area contributed by atoms with Gasteiger partial charge < -0.3 is 15.0 Å². The van der Waals surface area contributed by atoms with Crippen molar-refractivity contribution in [2.45, 2.75) is 32.2 Å². The van der Waals surface area contributed by atoms with Crippen molar-refractivity contribution in [1.82, 2.24) is 4.90 Å². The van der Waals surface area contributed by atoms with E-state index >= 15 is 0 Å². The molecule has 20 heavy (non-hydrogen) atoms. The Morgan fingerprint density at radius 2 is 2.05 bits per heavy atom. The van der Waals surface area contributed by atoms with Crippen LogP contribution in [0.3, 0.4) is 0 Å². The highest BCUT2D eigenvalue weighted by Gasteiger charge is 2.44. The van der Waals surface area contributed by atoms with Gasteiger partial charge in [-0.15, -0.1) is 0 Å². The van der Waals surface area contributed by atoms with Crippen molar-refractivity contribution < 1.29 is 14.3 Å². The molecule has 0 saturated carbocycles. The van der Waals surface area contributed by atoms with E-state index in [0.717, 1.165) is 5.75 Å². The summed E-state index contributed by atoms with van der Waals surface area (Å²) in [5.41, 5.74) is -0.0848. The maximum absolute atomic E-state index is 12.5. The van der Waals surface area contributed by atoms with Crippen molar-refractivity contribution in [3.8, 4) is 5.75 Å². The Morgan fingerprint density at radius 1 is 1.40 bits per heavy atom. The van der Waals surface area contributed by atoms with Crippen LogP contribution in [0.4, 0.5) is 5.69 Å². The lowest BCUT2D eigenvalue weighted by atomic mass is 9.91. The summed E-state index contributed by atoms with van der Waals surface area (Å²) in [5.74, 6) is 0.622. The van der Waals surface area contributed by atoms with E-state index in [4.69, 9.17) is 4.74 Å². The van der Waals surface area contributed by atoms with Gasteiger partial charge in [0.15, 0.2) is 0 Å². The van der Waals surface area contributed by atoms with Gasteiger partial charge in [-0.2, -0.15) is 0 Å². The SMILES string of the molecule is CCC(C)(C(=O)Nc1ccc(OC)cc1)N1CCC1=O. The zero-order chi connectivity index (χ0) is 14.8. The lowest BCUT2D eigenvalue weighted by molar-refractivity contribution is -0.154. The van der Waals surface area contributed by atoms with Crippen LogP contribution >= 0.6 is 0 Å². The Bertz CT molecular complexity index is 512. The van der Waals surface area contributed by atoms with Crippen LogP contribution in [0.2, 0.25) is 0 Å². The molecular weight excluding hydrogens is 256 g/mol. The Labute approximate surface area is 118 Å². The fourth-order valence-corrected chi connectivity index (χ4v) is 2.25. The van der Waals surface area contributed by atoms with Crippen molar-refractivity contribution in [2.24, 2.45) is 0 Å². The van der Waals surface area contributed by atoms with Crippen molar-refractivity contribution in [2.75, 3.05) is 19.0 Å². The van der Waals surface area contributed by atoms with Gasteiger partial charge in [0.05, 0.1) is 7.11 Å². The molecule has 0 spiro atoms. The molecule has 1 atom stereocenters. The summed E-state index contributed by atoms with van der Waals surface area (Å²) >= 11 is 0. The van der Waals surface area contributed by atoms with Gasteiger partial charge in [0.2, 0.25) is 11.8 Å². The van der Waals surface area contributed by atoms with E-state index in [9.17, 15) is 9.59 Å². The highest BCUT2D eigenvalue weighted by molar-refractivity contribution is 6.01. The molecule has 1 fully saturated rings. The first kappa shape index (κ1) is 14.4. The molecule has 5 nitrogen and oxygen atoms in total. The van der Waals surface area contributed by atoms with Crippen LogP contribution < -0.4 is 10.1 Å². The van der Waals surface area contributed by atoms with E-state index in [-0.39, 0.29) is 11.8 Å². The molecule has 2 amide bonds. The maximum atomic E-state index is 12.5. The lowest BCUT2D eigenvalue weighted by Gasteiger charge is -2.44. The van der Waals surface area contributed by atoms with Gasteiger partial charge in [0.25, 0.3) is 0 Å². The third-order valence-electron chi connectivity index (χ3n) is 3.97. The van der Waals surface area contributed by atoms with Gasteiger partial charge in [0, 0.05) is 18.7 Å². The van der Waals surface area contributed by atoms with Crippen molar-refractivity contribution >= 4 is 17.5 Å². The number of carbonyl (C=O) groups excluding carboxylic acids is 2. The first-order chi connectivity index (χ1) is 9.51. The predicted octanol–water partition coefficient (Wildman–Crippen LogP) is 2.03. The highest BCUT2D eigenvalue weighted by atomic mass is 16.5. The van der Waals surface area contributed by atoms with Crippen LogP contribution in [0.15, 0.2) is 24.3 Å². The summed E-state index contributed by atoms with van der Waals surface area (Å²) in [4.78, 5) is 25.7. The number of nitrogens with zero attached hydrogens (tertiary/aromatic N) is 1. The second-order valence-electron chi connectivity index (χ2n) is 5.11. The minimum atomic E-state index is -0.782. The number of anilines is 1. The monoisotopic (exact) mass is 276 g/mol. The quantitative estimate of drug-likeness (QED) is 0.837. The average Bonchev–Trinajstić information content (AvgIpc) is 2.46. The molecule has 0 aromatic heterocycles. The van der Waals surface area contributed by atoms with E-state index in [2.05, 4.69) is 5.32 Å². The number of hydrogen-bond donors (Lipinski definition) is 1. The minimum absolute atomic E-state index is 0.0410. The van der Waals surface area contributed by atoms with E-state index in [1.165, 1.54) is 0 Å². The van der Waals surface area contributed by atoms with Crippen molar-refractivity contribution in [3.05, 3.63) is 24.3 Å². The highest BCUT2D eigenvalue weighted by Crippen LogP contribution is 2.28. The smallest absolute Gasteiger partial charge is 0.250 e. The number of methoxy groups -OCH3 is 1. The molecular formula is C15H20N2O3. The van der Waals surface area contributed by atoms with E-state index < -0.39 is 5.54 Å². The molecule has 1 N–H and O–H groups in total. The summed E-state index contributed by atoms with van der Waals surface area (Å²) < 4.78 is 5.08. The number of hydrogen-bond acceptors (Lipinski definition) is 3. The summed E-state index contributed by atoms with van der Waals surface area (Å²) in [6, 6.07) is 7.14. The lowest BCUT2D eigenvalue weighted by Crippen LogP contribution is -2.62. The standard InChI is InChI=1S/C15H20N2O3/c1-4-15(2,17-10-9-13(17)18)14(19)16-11-5-7-12(20-3)8-6-11/h5-8H,4,9-10H2,1-3H3,(H,16,19). The first-order valence-corrected chi connectivity index (χ1v) is 6.77.